The van der Waals surface area contributed by atoms with Gasteiger partial charge in [0, 0.05) is 25.0 Å². The van der Waals surface area contributed by atoms with Gasteiger partial charge in [-0.15, -0.1) is 0 Å². The Hall–Kier alpha value is -1.16. The van der Waals surface area contributed by atoms with Crippen LogP contribution in [-0.2, 0) is 6.42 Å². The molecule has 1 aromatic rings. The van der Waals surface area contributed by atoms with E-state index in [1.807, 2.05) is 12.4 Å². The summed E-state index contributed by atoms with van der Waals surface area (Å²) in [5.74, 6) is 1.71. The molecule has 17 heavy (non-hydrogen) atoms. The van der Waals surface area contributed by atoms with Gasteiger partial charge in [0.1, 0.15) is 0 Å². The minimum absolute atomic E-state index is 0.455. The lowest BCUT2D eigenvalue weighted by atomic mass is 10.2. The molecule has 0 radical (unpaired) electrons. The Morgan fingerprint density at radius 2 is 2.00 bits per heavy atom. The normalized spacial score (nSPS) is 15.3. The van der Waals surface area contributed by atoms with E-state index in [0.29, 0.717) is 12.6 Å². The van der Waals surface area contributed by atoms with Crippen LogP contribution in [0.1, 0.15) is 32.3 Å². The first-order chi connectivity index (χ1) is 8.20. The lowest BCUT2D eigenvalue weighted by Gasteiger charge is -2.26. The average molecular weight is 234 g/mol. The third-order valence-corrected chi connectivity index (χ3v) is 3.16. The molecule has 0 spiro atoms. The van der Waals surface area contributed by atoms with Gasteiger partial charge in [0.15, 0.2) is 0 Å². The van der Waals surface area contributed by atoms with E-state index in [4.69, 9.17) is 5.73 Å². The molecule has 0 aliphatic heterocycles. The highest BCUT2D eigenvalue weighted by molar-refractivity contribution is 5.31. The molecule has 94 valence electrons. The first-order valence-electron chi connectivity index (χ1n) is 6.48. The van der Waals surface area contributed by atoms with Crippen LogP contribution in [-0.4, -0.2) is 29.1 Å². The molecule has 0 atom stereocenters. The fourth-order valence-corrected chi connectivity index (χ4v) is 1.89. The summed E-state index contributed by atoms with van der Waals surface area (Å²) >= 11 is 0. The number of nitrogens with two attached hydrogens (primary N) is 1. The van der Waals surface area contributed by atoms with Crippen molar-refractivity contribution in [1.82, 2.24) is 9.97 Å². The molecule has 0 bridgehead atoms. The summed E-state index contributed by atoms with van der Waals surface area (Å²) in [5.41, 5.74) is 6.63. The molecule has 1 aliphatic rings. The topological polar surface area (TPSA) is 55.0 Å². The summed E-state index contributed by atoms with van der Waals surface area (Å²) in [7, 11) is 0. The molecule has 1 saturated carbocycles. The summed E-state index contributed by atoms with van der Waals surface area (Å²) in [6.07, 6.45) is 7.36. The first-order valence-corrected chi connectivity index (χ1v) is 6.48. The van der Waals surface area contributed by atoms with Crippen molar-refractivity contribution in [1.29, 1.82) is 0 Å². The van der Waals surface area contributed by atoms with Gasteiger partial charge in [-0.1, -0.05) is 0 Å². The van der Waals surface area contributed by atoms with Crippen LogP contribution in [0.2, 0.25) is 0 Å². The van der Waals surface area contributed by atoms with Crippen LogP contribution in [0.4, 0.5) is 5.95 Å². The Morgan fingerprint density at radius 1 is 1.35 bits per heavy atom. The maximum atomic E-state index is 5.51. The summed E-state index contributed by atoms with van der Waals surface area (Å²) in [6, 6.07) is 0.455. The molecule has 0 saturated heterocycles. The predicted octanol–water partition coefficient (Wildman–Crippen LogP) is 1.60. The molecule has 1 aromatic heterocycles. The lowest BCUT2D eigenvalue weighted by molar-refractivity contribution is 0.626. The Bertz CT molecular complexity index is 343. The van der Waals surface area contributed by atoms with Crippen molar-refractivity contribution < 1.29 is 0 Å². The smallest absolute Gasteiger partial charge is 0.225 e. The van der Waals surface area contributed by atoms with Crippen LogP contribution in [0.15, 0.2) is 12.4 Å². The number of rotatable bonds is 6. The molecule has 4 nitrogen and oxygen atoms in total. The Balaban J connectivity index is 2.06. The Morgan fingerprint density at radius 3 is 2.47 bits per heavy atom. The molecule has 0 unspecified atom stereocenters. The van der Waals surface area contributed by atoms with Crippen LogP contribution in [0.25, 0.3) is 0 Å². The van der Waals surface area contributed by atoms with Gasteiger partial charge >= 0.3 is 0 Å². The van der Waals surface area contributed by atoms with Crippen LogP contribution >= 0.6 is 0 Å². The van der Waals surface area contributed by atoms with Crippen LogP contribution in [0.5, 0.6) is 0 Å². The summed E-state index contributed by atoms with van der Waals surface area (Å²) in [5, 5.41) is 0. The highest BCUT2D eigenvalue weighted by Crippen LogP contribution is 2.31. The fraction of sp³-hybridized carbons (Fsp3) is 0.692. The minimum atomic E-state index is 0.455. The van der Waals surface area contributed by atoms with E-state index in [2.05, 4.69) is 28.7 Å². The molecule has 1 heterocycles. The van der Waals surface area contributed by atoms with E-state index in [1.54, 1.807) is 0 Å². The van der Waals surface area contributed by atoms with E-state index >= 15 is 0 Å². The van der Waals surface area contributed by atoms with Crippen molar-refractivity contribution in [2.75, 3.05) is 18.0 Å². The fourth-order valence-electron chi connectivity index (χ4n) is 1.89. The summed E-state index contributed by atoms with van der Waals surface area (Å²) in [4.78, 5) is 11.2. The van der Waals surface area contributed by atoms with E-state index in [0.717, 1.165) is 30.4 Å². The Labute approximate surface area is 103 Å². The highest BCUT2D eigenvalue weighted by atomic mass is 15.3. The van der Waals surface area contributed by atoms with Gasteiger partial charge in [-0.2, -0.15) is 0 Å². The summed E-state index contributed by atoms with van der Waals surface area (Å²) < 4.78 is 0. The lowest BCUT2D eigenvalue weighted by Crippen LogP contribution is -2.34. The highest BCUT2D eigenvalue weighted by Gasteiger charge is 2.26. The molecule has 1 fully saturated rings. The van der Waals surface area contributed by atoms with Gasteiger partial charge in [0.05, 0.1) is 0 Å². The zero-order chi connectivity index (χ0) is 12.3. The third kappa shape index (κ3) is 3.40. The predicted molar refractivity (Wildman–Crippen MR) is 70.0 cm³/mol. The Kier molecular flexibility index (Phi) is 3.94. The van der Waals surface area contributed by atoms with Crippen LogP contribution in [0.3, 0.4) is 0 Å². The number of anilines is 1. The second-order valence-electron chi connectivity index (χ2n) is 5.12. The SMILES string of the molecule is CC(C)N(CC1CC1)c1ncc(CCN)cn1. The van der Waals surface area contributed by atoms with Gasteiger partial charge in [-0.3, -0.25) is 0 Å². The quantitative estimate of drug-likeness (QED) is 0.812. The van der Waals surface area contributed by atoms with Gasteiger partial charge in [0.25, 0.3) is 0 Å². The molecule has 2 N–H and O–H groups in total. The zero-order valence-electron chi connectivity index (χ0n) is 10.8. The first kappa shape index (κ1) is 12.3. The van der Waals surface area contributed by atoms with Crippen LogP contribution < -0.4 is 10.6 Å². The van der Waals surface area contributed by atoms with E-state index in [1.165, 1.54) is 12.8 Å². The standard InChI is InChI=1S/C13H22N4/c1-10(2)17(9-11-3-4-11)13-15-7-12(5-6-14)8-16-13/h7-8,10-11H,3-6,9,14H2,1-2H3. The van der Waals surface area contributed by atoms with Crippen molar-refractivity contribution in [2.24, 2.45) is 11.7 Å². The molecule has 2 rings (SSSR count). The second kappa shape index (κ2) is 5.45. The van der Waals surface area contributed by atoms with Gasteiger partial charge in [-0.05, 0) is 51.1 Å². The van der Waals surface area contributed by atoms with E-state index in [-0.39, 0.29) is 0 Å². The molecule has 0 amide bonds. The maximum absolute atomic E-state index is 5.51. The zero-order valence-corrected chi connectivity index (χ0v) is 10.8. The largest absolute Gasteiger partial charge is 0.338 e. The van der Waals surface area contributed by atoms with E-state index < -0.39 is 0 Å². The molecular formula is C13H22N4. The number of nitrogens with zero attached hydrogens (tertiary/aromatic N) is 3. The van der Waals surface area contributed by atoms with Crippen molar-refractivity contribution >= 4 is 5.95 Å². The molecule has 0 aromatic carbocycles. The van der Waals surface area contributed by atoms with Crippen molar-refractivity contribution in [3.63, 3.8) is 0 Å². The molecule has 1 aliphatic carbocycles. The minimum Gasteiger partial charge on any atom is -0.338 e. The van der Waals surface area contributed by atoms with Crippen molar-refractivity contribution in [3.8, 4) is 0 Å². The van der Waals surface area contributed by atoms with Crippen LogP contribution in [0, 0.1) is 5.92 Å². The number of aromatic nitrogens is 2. The second-order valence-corrected chi connectivity index (χ2v) is 5.12. The monoisotopic (exact) mass is 234 g/mol. The average Bonchev–Trinajstić information content (AvgIpc) is 3.11. The number of hydrogen-bond acceptors (Lipinski definition) is 4. The van der Waals surface area contributed by atoms with Crippen molar-refractivity contribution in [2.45, 2.75) is 39.2 Å². The molecular weight excluding hydrogens is 212 g/mol. The number of hydrogen-bond donors (Lipinski definition) is 1. The molecule has 4 heteroatoms. The van der Waals surface area contributed by atoms with E-state index in [9.17, 15) is 0 Å². The third-order valence-electron chi connectivity index (χ3n) is 3.16. The summed E-state index contributed by atoms with van der Waals surface area (Å²) in [6.45, 7) is 6.13. The van der Waals surface area contributed by atoms with Gasteiger partial charge < -0.3 is 10.6 Å². The van der Waals surface area contributed by atoms with Crippen molar-refractivity contribution in [3.05, 3.63) is 18.0 Å². The maximum Gasteiger partial charge on any atom is 0.225 e. The van der Waals surface area contributed by atoms with Gasteiger partial charge in [0.2, 0.25) is 5.95 Å². The van der Waals surface area contributed by atoms with Gasteiger partial charge in [-0.25, -0.2) is 9.97 Å².